The Morgan fingerprint density at radius 2 is 1.75 bits per heavy atom. The minimum atomic E-state index is -0.587. The van der Waals surface area contributed by atoms with E-state index in [4.69, 9.17) is 23.2 Å². The summed E-state index contributed by atoms with van der Waals surface area (Å²) in [5, 5.41) is 1.08. The van der Waals surface area contributed by atoms with Crippen molar-refractivity contribution in [3.63, 3.8) is 0 Å². The summed E-state index contributed by atoms with van der Waals surface area (Å²) in [6.45, 7) is 4.60. The maximum atomic E-state index is 13.9. The Labute approximate surface area is 149 Å². The molecule has 0 bridgehead atoms. The Bertz CT molecular complexity index is 810. The van der Waals surface area contributed by atoms with E-state index >= 15 is 0 Å². The van der Waals surface area contributed by atoms with Gasteiger partial charge in [0.15, 0.2) is 0 Å². The van der Waals surface area contributed by atoms with Crippen LogP contribution in [0.5, 0.6) is 0 Å². The van der Waals surface area contributed by atoms with E-state index < -0.39 is 11.6 Å². The topological polar surface area (TPSA) is 3.24 Å². The van der Waals surface area contributed by atoms with Crippen LogP contribution in [0, 0.1) is 11.6 Å². The summed E-state index contributed by atoms with van der Waals surface area (Å²) in [6, 6.07) is 8.90. The smallest absolute Gasteiger partial charge is 0.133 e. The van der Waals surface area contributed by atoms with Crippen molar-refractivity contribution in [3.8, 4) is 0 Å². The highest BCUT2D eigenvalue weighted by molar-refractivity contribution is 6.39. The van der Waals surface area contributed by atoms with Gasteiger partial charge < -0.3 is 4.90 Å². The molecule has 0 aromatic heterocycles. The fraction of sp³-hybridized carbons (Fsp3) is 0.158. The lowest BCUT2D eigenvalue weighted by molar-refractivity contribution is 0.581. The number of benzene rings is 2. The molecule has 0 spiro atoms. The highest BCUT2D eigenvalue weighted by Gasteiger charge is 2.22. The van der Waals surface area contributed by atoms with Crippen LogP contribution >= 0.6 is 23.2 Å². The molecule has 1 nitrogen and oxygen atoms in total. The van der Waals surface area contributed by atoms with Gasteiger partial charge in [-0.1, -0.05) is 41.9 Å². The maximum absolute atomic E-state index is 13.9. The molecule has 0 saturated carbocycles. The van der Waals surface area contributed by atoms with Crippen LogP contribution in [0.15, 0.2) is 54.2 Å². The van der Waals surface area contributed by atoms with E-state index in [1.54, 1.807) is 24.3 Å². The van der Waals surface area contributed by atoms with Crippen molar-refractivity contribution in [1.82, 2.24) is 0 Å². The number of piperidine rings is 1. The van der Waals surface area contributed by atoms with Gasteiger partial charge in [-0.25, -0.2) is 8.78 Å². The molecule has 2 aromatic rings. The van der Waals surface area contributed by atoms with E-state index in [0.29, 0.717) is 27.8 Å². The second kappa shape index (κ2) is 6.96. The monoisotopic (exact) mass is 365 g/mol. The number of hydrogen-bond acceptors (Lipinski definition) is 1. The molecule has 0 radical (unpaired) electrons. The van der Waals surface area contributed by atoms with Crippen molar-refractivity contribution in [2.45, 2.75) is 12.8 Å². The molecule has 1 aliphatic rings. The minimum absolute atomic E-state index is 0.365. The largest absolute Gasteiger partial charge is 0.339 e. The van der Waals surface area contributed by atoms with Crippen molar-refractivity contribution in [2.24, 2.45) is 0 Å². The second-order valence-corrected chi connectivity index (χ2v) is 6.51. The molecule has 0 aliphatic carbocycles. The van der Waals surface area contributed by atoms with Crippen molar-refractivity contribution in [1.29, 1.82) is 0 Å². The molecule has 24 heavy (non-hydrogen) atoms. The van der Waals surface area contributed by atoms with Crippen molar-refractivity contribution in [3.05, 3.63) is 81.5 Å². The Hall–Kier alpha value is -1.84. The van der Waals surface area contributed by atoms with Gasteiger partial charge in [0, 0.05) is 23.9 Å². The van der Waals surface area contributed by atoms with Gasteiger partial charge in [-0.3, -0.25) is 0 Å². The van der Waals surface area contributed by atoms with Crippen LogP contribution in [0.4, 0.5) is 14.5 Å². The van der Waals surface area contributed by atoms with Crippen LogP contribution in [0.25, 0.3) is 6.08 Å². The van der Waals surface area contributed by atoms with Crippen LogP contribution in [0.3, 0.4) is 0 Å². The van der Waals surface area contributed by atoms with Crippen LogP contribution in [-0.2, 0) is 0 Å². The highest BCUT2D eigenvalue weighted by Crippen LogP contribution is 2.39. The lowest BCUT2D eigenvalue weighted by atomic mass is 9.99. The van der Waals surface area contributed by atoms with E-state index in [-0.39, 0.29) is 0 Å². The lowest BCUT2D eigenvalue weighted by Gasteiger charge is -2.34. The highest BCUT2D eigenvalue weighted by atomic mass is 35.5. The van der Waals surface area contributed by atoms with Crippen LogP contribution < -0.4 is 4.90 Å². The molecule has 0 atom stereocenters. The molecular weight excluding hydrogens is 351 g/mol. The Morgan fingerprint density at radius 1 is 1.04 bits per heavy atom. The number of rotatable bonds is 2. The molecule has 1 aliphatic heterocycles. The summed E-state index contributed by atoms with van der Waals surface area (Å²) >= 11 is 12.6. The summed E-state index contributed by atoms with van der Waals surface area (Å²) in [7, 11) is 0. The number of hydrogen-bond donors (Lipinski definition) is 0. The van der Waals surface area contributed by atoms with Gasteiger partial charge in [0.05, 0.1) is 15.7 Å². The van der Waals surface area contributed by atoms with Crippen LogP contribution in [0.2, 0.25) is 10.0 Å². The van der Waals surface area contributed by atoms with Crippen LogP contribution in [0.1, 0.15) is 18.4 Å². The first-order valence-corrected chi connectivity index (χ1v) is 8.25. The molecular formula is C19H15Cl2F2N. The molecule has 2 aromatic carbocycles. The fourth-order valence-electron chi connectivity index (χ4n) is 2.77. The number of para-hydroxylation sites is 1. The van der Waals surface area contributed by atoms with Gasteiger partial charge in [-0.2, -0.15) is 0 Å². The average Bonchev–Trinajstić information content (AvgIpc) is 2.53. The van der Waals surface area contributed by atoms with Gasteiger partial charge in [0.1, 0.15) is 11.6 Å². The van der Waals surface area contributed by atoms with Crippen molar-refractivity contribution < 1.29 is 8.78 Å². The summed E-state index contributed by atoms with van der Waals surface area (Å²) in [6.07, 6.45) is 3.23. The van der Waals surface area contributed by atoms with E-state index in [9.17, 15) is 8.78 Å². The number of halogens is 4. The van der Waals surface area contributed by atoms with E-state index in [1.807, 2.05) is 4.90 Å². The van der Waals surface area contributed by atoms with E-state index in [0.717, 1.165) is 30.2 Å². The van der Waals surface area contributed by atoms with E-state index in [2.05, 4.69) is 6.58 Å². The lowest BCUT2D eigenvalue weighted by Crippen LogP contribution is -2.29. The van der Waals surface area contributed by atoms with Gasteiger partial charge >= 0.3 is 0 Å². The third-order valence-corrected chi connectivity index (χ3v) is 4.62. The van der Waals surface area contributed by atoms with Gasteiger partial charge in [0.25, 0.3) is 0 Å². The van der Waals surface area contributed by atoms with Crippen LogP contribution in [-0.4, -0.2) is 6.54 Å². The van der Waals surface area contributed by atoms with Gasteiger partial charge in [-0.05, 0) is 42.7 Å². The first-order chi connectivity index (χ1) is 11.5. The molecule has 3 rings (SSSR count). The maximum Gasteiger partial charge on any atom is 0.133 e. The normalized spacial score (nSPS) is 16.8. The Balaban J connectivity index is 1.94. The molecule has 0 unspecified atom stereocenters. The summed E-state index contributed by atoms with van der Waals surface area (Å²) in [4.78, 5) is 1.95. The fourth-order valence-corrected chi connectivity index (χ4v) is 3.38. The quantitative estimate of drug-likeness (QED) is 0.589. The standard InChI is InChI=1S/C19H15Cl2F2N/c1-12-5-6-13(9-14-7-8-15(22)10-18(14)23)11-24(12)19-16(20)3-2-4-17(19)21/h2-4,7-10H,1,5-6,11H2/b13-9+. The molecule has 1 fully saturated rings. The molecule has 0 N–H and O–H groups in total. The zero-order valence-electron chi connectivity index (χ0n) is 12.8. The third kappa shape index (κ3) is 3.47. The Morgan fingerprint density at radius 3 is 2.42 bits per heavy atom. The SMILES string of the molecule is C=C1CC/C(=C\c2ccc(F)cc2F)CN1c1c(Cl)cccc1Cl. The predicted octanol–water partition coefficient (Wildman–Crippen LogP) is 6.47. The predicted molar refractivity (Wildman–Crippen MR) is 96.5 cm³/mol. The second-order valence-electron chi connectivity index (χ2n) is 5.69. The first kappa shape index (κ1) is 17.0. The molecule has 5 heteroatoms. The van der Waals surface area contributed by atoms with E-state index in [1.165, 1.54) is 12.1 Å². The number of nitrogens with zero attached hydrogens (tertiary/aromatic N) is 1. The number of allylic oxidation sites excluding steroid dienone is 1. The summed E-state index contributed by atoms with van der Waals surface area (Å²) in [5.74, 6) is -1.16. The van der Waals surface area contributed by atoms with Crippen molar-refractivity contribution in [2.75, 3.05) is 11.4 Å². The molecule has 0 amide bonds. The van der Waals surface area contributed by atoms with Gasteiger partial charge in [0.2, 0.25) is 0 Å². The average molecular weight is 366 g/mol. The summed E-state index contributed by atoms with van der Waals surface area (Å²) < 4.78 is 26.9. The molecule has 1 saturated heterocycles. The third-order valence-electron chi connectivity index (χ3n) is 4.01. The summed E-state index contributed by atoms with van der Waals surface area (Å²) in [5.41, 5.74) is 2.98. The zero-order valence-corrected chi connectivity index (χ0v) is 14.3. The first-order valence-electron chi connectivity index (χ1n) is 7.49. The Kier molecular flexibility index (Phi) is 4.93. The molecule has 1 heterocycles. The number of anilines is 1. The van der Waals surface area contributed by atoms with Gasteiger partial charge in [-0.15, -0.1) is 0 Å². The minimum Gasteiger partial charge on any atom is -0.339 e. The molecule has 124 valence electrons. The van der Waals surface area contributed by atoms with Crippen molar-refractivity contribution >= 4 is 35.0 Å². The zero-order chi connectivity index (χ0) is 17.3.